The summed E-state index contributed by atoms with van der Waals surface area (Å²) in [6.45, 7) is 0. The summed E-state index contributed by atoms with van der Waals surface area (Å²) in [5.74, 6) is -18.9. The van der Waals surface area contributed by atoms with Gasteiger partial charge in [-0.3, -0.25) is 0 Å². The first-order valence-electron chi connectivity index (χ1n) is 5.38. The maximum atomic E-state index is 12.9. The Labute approximate surface area is 108 Å². The van der Waals surface area contributed by atoms with Crippen molar-refractivity contribution in [3.63, 3.8) is 0 Å². The summed E-state index contributed by atoms with van der Waals surface area (Å²) in [5.41, 5.74) is 0. The fourth-order valence-corrected chi connectivity index (χ4v) is 1.29. The van der Waals surface area contributed by atoms with Crippen LogP contribution in [-0.4, -0.2) is 23.9 Å². The molecule has 0 saturated carbocycles. The van der Waals surface area contributed by atoms with Crippen molar-refractivity contribution in [3.05, 3.63) is 0 Å². The van der Waals surface area contributed by atoms with Crippen molar-refractivity contribution in [2.75, 3.05) is 0 Å². The van der Waals surface area contributed by atoms with E-state index < -0.39 is 36.8 Å². The largest absolute Gasteiger partial charge is 0.460 e. The van der Waals surface area contributed by atoms with Gasteiger partial charge in [0, 0.05) is 12.8 Å². The van der Waals surface area contributed by atoms with Gasteiger partial charge in [-0.05, 0) is 12.8 Å². The standard InChI is InChI=1S/C10H10F9N/c11-7(12,5-3-1-2-4-6-20)8(13,14)9(15,16)10(17,18)19/h1-5H2. The van der Waals surface area contributed by atoms with E-state index in [4.69, 9.17) is 5.26 Å². The highest BCUT2D eigenvalue weighted by Crippen LogP contribution is 2.54. The SMILES string of the molecule is N#CCCCCCC(F)(F)C(F)(F)C(F)(F)C(F)(F)F. The number of hydrogen-bond donors (Lipinski definition) is 0. The molecule has 0 aliphatic rings. The molecule has 0 N–H and O–H groups in total. The smallest absolute Gasteiger partial charge is 0.200 e. The van der Waals surface area contributed by atoms with Gasteiger partial charge >= 0.3 is 23.9 Å². The first-order chi connectivity index (χ1) is 8.81. The van der Waals surface area contributed by atoms with E-state index in [0.717, 1.165) is 0 Å². The van der Waals surface area contributed by atoms with Gasteiger partial charge in [0.05, 0.1) is 6.07 Å². The second-order valence-corrected chi connectivity index (χ2v) is 4.07. The number of hydrogen-bond acceptors (Lipinski definition) is 1. The molecule has 10 heteroatoms. The van der Waals surface area contributed by atoms with Crippen LogP contribution in [0.15, 0.2) is 0 Å². The molecule has 118 valence electrons. The molecule has 0 fully saturated rings. The monoisotopic (exact) mass is 315 g/mol. The molecule has 0 rings (SSSR count). The third kappa shape index (κ3) is 3.70. The van der Waals surface area contributed by atoms with E-state index in [9.17, 15) is 39.5 Å². The van der Waals surface area contributed by atoms with Gasteiger partial charge in [-0.2, -0.15) is 44.8 Å². The molecule has 0 bridgehead atoms. The van der Waals surface area contributed by atoms with Gasteiger partial charge in [-0.1, -0.05) is 6.42 Å². The molecule has 0 saturated heterocycles. The summed E-state index contributed by atoms with van der Waals surface area (Å²) in [4.78, 5) is 0. The van der Waals surface area contributed by atoms with Crippen molar-refractivity contribution in [2.45, 2.75) is 56.0 Å². The van der Waals surface area contributed by atoms with Gasteiger partial charge in [-0.15, -0.1) is 0 Å². The molecule has 20 heavy (non-hydrogen) atoms. The Morgan fingerprint density at radius 2 is 1.20 bits per heavy atom. The Morgan fingerprint density at radius 1 is 0.700 bits per heavy atom. The van der Waals surface area contributed by atoms with Gasteiger partial charge in [0.2, 0.25) is 0 Å². The Balaban J connectivity index is 4.86. The lowest BCUT2D eigenvalue weighted by molar-refractivity contribution is -0.396. The molecule has 0 aliphatic carbocycles. The fourth-order valence-electron chi connectivity index (χ4n) is 1.29. The molecular weight excluding hydrogens is 305 g/mol. The predicted octanol–water partition coefficient (Wildman–Crippen LogP) is 4.93. The van der Waals surface area contributed by atoms with Crippen molar-refractivity contribution < 1.29 is 39.5 Å². The third-order valence-corrected chi connectivity index (χ3v) is 2.49. The van der Waals surface area contributed by atoms with Gasteiger partial charge < -0.3 is 0 Å². The quantitative estimate of drug-likeness (QED) is 0.483. The van der Waals surface area contributed by atoms with E-state index in [2.05, 4.69) is 0 Å². The minimum absolute atomic E-state index is 0.0549. The summed E-state index contributed by atoms with van der Waals surface area (Å²) in [7, 11) is 0. The average molecular weight is 315 g/mol. The number of unbranched alkanes of at least 4 members (excludes halogenated alkanes) is 3. The van der Waals surface area contributed by atoms with E-state index in [1.807, 2.05) is 0 Å². The molecular formula is C10H10F9N. The Kier molecular flexibility index (Phi) is 5.75. The third-order valence-electron chi connectivity index (χ3n) is 2.49. The Bertz CT molecular complexity index is 353. The van der Waals surface area contributed by atoms with E-state index in [-0.39, 0.29) is 19.3 Å². The maximum absolute atomic E-state index is 12.9. The fraction of sp³-hybridized carbons (Fsp3) is 0.900. The Morgan fingerprint density at radius 3 is 1.60 bits per heavy atom. The van der Waals surface area contributed by atoms with E-state index in [0.29, 0.717) is 0 Å². The topological polar surface area (TPSA) is 23.8 Å². The molecule has 0 aromatic heterocycles. The van der Waals surface area contributed by atoms with Crippen LogP contribution >= 0.6 is 0 Å². The van der Waals surface area contributed by atoms with Crippen LogP contribution in [0.2, 0.25) is 0 Å². The Hall–Kier alpha value is -1.14. The van der Waals surface area contributed by atoms with Crippen LogP contribution in [0.3, 0.4) is 0 Å². The van der Waals surface area contributed by atoms with Crippen molar-refractivity contribution in [1.29, 1.82) is 5.26 Å². The van der Waals surface area contributed by atoms with Gasteiger partial charge in [-0.25, -0.2) is 0 Å². The van der Waals surface area contributed by atoms with Crippen LogP contribution < -0.4 is 0 Å². The van der Waals surface area contributed by atoms with E-state index in [1.165, 1.54) is 0 Å². The van der Waals surface area contributed by atoms with Crippen LogP contribution in [-0.2, 0) is 0 Å². The van der Waals surface area contributed by atoms with Gasteiger partial charge in [0.25, 0.3) is 0 Å². The lowest BCUT2D eigenvalue weighted by Crippen LogP contribution is -2.60. The summed E-state index contributed by atoms with van der Waals surface area (Å²) in [5, 5.41) is 8.11. The molecule has 0 heterocycles. The average Bonchev–Trinajstić information content (AvgIpc) is 2.26. The molecule has 0 spiro atoms. The first-order valence-corrected chi connectivity index (χ1v) is 5.38. The molecule has 0 aromatic carbocycles. The highest BCUT2D eigenvalue weighted by molar-refractivity contribution is 5.00. The second-order valence-electron chi connectivity index (χ2n) is 4.07. The molecule has 0 radical (unpaired) electrons. The molecule has 0 unspecified atom stereocenters. The highest BCUT2D eigenvalue weighted by Gasteiger charge is 2.81. The van der Waals surface area contributed by atoms with Gasteiger partial charge in [0.1, 0.15) is 0 Å². The zero-order chi connectivity index (χ0) is 16.2. The normalized spacial score (nSPS) is 14.2. The second kappa shape index (κ2) is 6.10. The summed E-state index contributed by atoms with van der Waals surface area (Å²) in [6.07, 6.45) is -9.44. The predicted molar refractivity (Wildman–Crippen MR) is 49.6 cm³/mol. The zero-order valence-corrected chi connectivity index (χ0v) is 9.88. The van der Waals surface area contributed by atoms with E-state index >= 15 is 0 Å². The van der Waals surface area contributed by atoms with Crippen molar-refractivity contribution in [2.24, 2.45) is 0 Å². The summed E-state index contributed by atoms with van der Waals surface area (Å²) in [6, 6.07) is 1.64. The van der Waals surface area contributed by atoms with Crippen molar-refractivity contribution >= 4 is 0 Å². The van der Waals surface area contributed by atoms with Crippen molar-refractivity contribution in [1.82, 2.24) is 0 Å². The van der Waals surface area contributed by atoms with E-state index in [1.54, 1.807) is 6.07 Å². The van der Waals surface area contributed by atoms with Crippen LogP contribution in [0.5, 0.6) is 0 Å². The lowest BCUT2D eigenvalue weighted by atomic mass is 9.98. The molecule has 0 atom stereocenters. The van der Waals surface area contributed by atoms with Crippen LogP contribution in [0.1, 0.15) is 32.1 Å². The van der Waals surface area contributed by atoms with Crippen molar-refractivity contribution in [3.8, 4) is 6.07 Å². The minimum atomic E-state index is -6.82. The lowest BCUT2D eigenvalue weighted by Gasteiger charge is -2.33. The molecule has 0 aromatic rings. The zero-order valence-electron chi connectivity index (χ0n) is 9.88. The number of alkyl halides is 9. The van der Waals surface area contributed by atoms with Crippen LogP contribution in [0, 0.1) is 11.3 Å². The van der Waals surface area contributed by atoms with Gasteiger partial charge in [0.15, 0.2) is 0 Å². The highest BCUT2D eigenvalue weighted by atomic mass is 19.4. The minimum Gasteiger partial charge on any atom is -0.200 e. The summed E-state index contributed by atoms with van der Waals surface area (Å²) < 4.78 is 112. The maximum Gasteiger partial charge on any atom is 0.460 e. The van der Waals surface area contributed by atoms with Crippen LogP contribution in [0.25, 0.3) is 0 Å². The number of nitrogens with zero attached hydrogens (tertiary/aromatic N) is 1. The molecule has 0 amide bonds. The number of nitriles is 1. The number of halogens is 9. The molecule has 0 aliphatic heterocycles. The van der Waals surface area contributed by atoms with Crippen LogP contribution in [0.4, 0.5) is 39.5 Å². The first kappa shape index (κ1) is 18.9. The molecule has 1 nitrogen and oxygen atoms in total. The number of rotatable bonds is 7. The summed E-state index contributed by atoms with van der Waals surface area (Å²) >= 11 is 0.